The first-order valence-corrected chi connectivity index (χ1v) is 5.71. The molecule has 0 amide bonds. The fourth-order valence-corrected chi connectivity index (χ4v) is 2.08. The minimum atomic E-state index is -0.0738. The molecule has 0 aliphatic heterocycles. The second kappa shape index (κ2) is 3.27. The van der Waals surface area contributed by atoms with Crippen molar-refractivity contribution < 1.29 is 0 Å². The Morgan fingerprint density at radius 1 is 1.47 bits per heavy atom. The van der Waals surface area contributed by atoms with Gasteiger partial charge in [-0.3, -0.25) is 9.78 Å². The molecule has 2 aromatic heterocycles. The van der Waals surface area contributed by atoms with E-state index in [4.69, 9.17) is 0 Å². The van der Waals surface area contributed by atoms with Gasteiger partial charge < -0.3 is 4.98 Å². The molecule has 0 saturated heterocycles. The Kier molecular flexibility index (Phi) is 1.92. The van der Waals surface area contributed by atoms with Gasteiger partial charge in [0.15, 0.2) is 0 Å². The van der Waals surface area contributed by atoms with Crippen molar-refractivity contribution in [1.29, 1.82) is 0 Å². The molecule has 1 N–H and O–H groups in total. The van der Waals surface area contributed by atoms with E-state index >= 15 is 0 Å². The minimum absolute atomic E-state index is 0.0738. The molecule has 0 atom stereocenters. The van der Waals surface area contributed by atoms with Crippen LogP contribution in [0.2, 0.25) is 0 Å². The molecule has 1 aliphatic carbocycles. The van der Waals surface area contributed by atoms with Crippen LogP contribution in [-0.4, -0.2) is 15.0 Å². The number of rotatable bonds is 2. The van der Waals surface area contributed by atoms with Gasteiger partial charge in [0.1, 0.15) is 5.82 Å². The summed E-state index contributed by atoms with van der Waals surface area (Å²) in [6.45, 7) is 0. The lowest BCUT2D eigenvalue weighted by atomic mass is 10.3. The molecule has 0 unspecified atom stereocenters. The zero-order chi connectivity index (χ0) is 10.3. The lowest BCUT2D eigenvalue weighted by Crippen LogP contribution is -2.10. The van der Waals surface area contributed by atoms with E-state index in [9.17, 15) is 4.79 Å². The van der Waals surface area contributed by atoms with E-state index in [1.807, 2.05) is 0 Å². The summed E-state index contributed by atoms with van der Waals surface area (Å²) in [5.41, 5.74) is 2.41. The van der Waals surface area contributed by atoms with Crippen LogP contribution >= 0.6 is 11.3 Å². The summed E-state index contributed by atoms with van der Waals surface area (Å²) in [4.78, 5) is 23.6. The highest BCUT2D eigenvalue weighted by Crippen LogP contribution is 2.38. The van der Waals surface area contributed by atoms with Crippen molar-refractivity contribution >= 4 is 11.3 Å². The van der Waals surface area contributed by atoms with E-state index in [2.05, 4.69) is 15.0 Å². The normalized spacial score (nSPS) is 15.5. The summed E-state index contributed by atoms with van der Waals surface area (Å²) in [5.74, 6) is 1.29. The number of nitrogens with zero attached hydrogens (tertiary/aromatic N) is 2. The molecule has 76 valence electrons. The van der Waals surface area contributed by atoms with Crippen LogP contribution in [0, 0.1) is 0 Å². The number of hydrogen-bond acceptors (Lipinski definition) is 4. The van der Waals surface area contributed by atoms with Gasteiger partial charge in [0, 0.05) is 18.2 Å². The van der Waals surface area contributed by atoms with Gasteiger partial charge in [-0.1, -0.05) is 0 Å². The summed E-state index contributed by atoms with van der Waals surface area (Å²) < 4.78 is 0. The summed E-state index contributed by atoms with van der Waals surface area (Å²) in [6.07, 6.45) is 4.01. The van der Waals surface area contributed by atoms with Crippen molar-refractivity contribution in [3.05, 3.63) is 34.0 Å². The number of hydrogen-bond donors (Lipinski definition) is 1. The standard InChI is InChI=1S/C10H9N3OS/c14-9-3-7(8-4-11-5-15-8)12-10(13-9)6-1-2-6/h3-6H,1-2H2,(H,12,13,14). The number of nitrogens with one attached hydrogen (secondary N) is 1. The van der Waals surface area contributed by atoms with Crippen molar-refractivity contribution in [3.8, 4) is 10.6 Å². The zero-order valence-electron chi connectivity index (χ0n) is 7.93. The third kappa shape index (κ3) is 1.70. The smallest absolute Gasteiger partial charge is 0.251 e. The summed E-state index contributed by atoms with van der Waals surface area (Å²) in [6, 6.07) is 1.53. The number of aromatic nitrogens is 3. The molecule has 4 nitrogen and oxygen atoms in total. The molecule has 0 spiro atoms. The predicted octanol–water partition coefficient (Wildman–Crippen LogP) is 1.77. The summed E-state index contributed by atoms with van der Waals surface area (Å²) in [5, 5.41) is 0. The fraction of sp³-hybridized carbons (Fsp3) is 0.300. The summed E-state index contributed by atoms with van der Waals surface area (Å²) >= 11 is 1.50. The van der Waals surface area contributed by atoms with Gasteiger partial charge >= 0.3 is 0 Å². The maximum atomic E-state index is 11.4. The van der Waals surface area contributed by atoms with Crippen molar-refractivity contribution in [2.45, 2.75) is 18.8 Å². The van der Waals surface area contributed by atoms with E-state index in [0.29, 0.717) is 5.92 Å². The Morgan fingerprint density at radius 3 is 3.00 bits per heavy atom. The Labute approximate surface area is 90.0 Å². The quantitative estimate of drug-likeness (QED) is 0.837. The van der Waals surface area contributed by atoms with Gasteiger partial charge in [0.25, 0.3) is 5.56 Å². The number of H-pyrrole nitrogens is 1. The highest BCUT2D eigenvalue weighted by atomic mass is 32.1. The lowest BCUT2D eigenvalue weighted by molar-refractivity contribution is 0.913. The van der Waals surface area contributed by atoms with Crippen LogP contribution in [0.3, 0.4) is 0 Å². The molecule has 2 heterocycles. The van der Waals surface area contributed by atoms with Crippen molar-refractivity contribution in [1.82, 2.24) is 15.0 Å². The van der Waals surface area contributed by atoms with Gasteiger partial charge in [-0.2, -0.15) is 0 Å². The highest BCUT2D eigenvalue weighted by Gasteiger charge is 2.26. The number of thiazole rings is 1. The molecule has 3 rings (SSSR count). The average Bonchev–Trinajstić information content (AvgIpc) is 2.93. The van der Waals surface area contributed by atoms with Crippen LogP contribution in [0.25, 0.3) is 10.6 Å². The third-order valence-electron chi connectivity index (χ3n) is 2.41. The van der Waals surface area contributed by atoms with Crippen LogP contribution in [0.1, 0.15) is 24.6 Å². The molecule has 2 aromatic rings. The van der Waals surface area contributed by atoms with Gasteiger partial charge in [-0.25, -0.2) is 4.98 Å². The first kappa shape index (κ1) is 8.79. The molecular formula is C10H9N3OS. The van der Waals surface area contributed by atoms with E-state index in [1.165, 1.54) is 17.4 Å². The van der Waals surface area contributed by atoms with Crippen LogP contribution in [-0.2, 0) is 0 Å². The number of aromatic amines is 1. The Hall–Kier alpha value is -1.49. The molecule has 0 bridgehead atoms. The summed E-state index contributed by atoms with van der Waals surface area (Å²) in [7, 11) is 0. The minimum Gasteiger partial charge on any atom is -0.310 e. The SMILES string of the molecule is O=c1cc(-c2cncs2)nc(C2CC2)[nH]1. The van der Waals surface area contributed by atoms with Crippen molar-refractivity contribution in [2.24, 2.45) is 0 Å². The average molecular weight is 219 g/mol. The molecule has 0 aromatic carbocycles. The van der Waals surface area contributed by atoms with Crippen LogP contribution in [0.5, 0.6) is 0 Å². The third-order valence-corrected chi connectivity index (χ3v) is 3.20. The van der Waals surface area contributed by atoms with Crippen molar-refractivity contribution in [3.63, 3.8) is 0 Å². The Bertz CT molecular complexity index is 528. The highest BCUT2D eigenvalue weighted by molar-refractivity contribution is 7.13. The lowest BCUT2D eigenvalue weighted by Gasteiger charge is -1.99. The monoisotopic (exact) mass is 219 g/mol. The van der Waals surface area contributed by atoms with Gasteiger partial charge in [-0.05, 0) is 12.8 Å². The molecule has 1 fully saturated rings. The van der Waals surface area contributed by atoms with E-state index in [-0.39, 0.29) is 5.56 Å². The molecule has 0 radical (unpaired) electrons. The molecule has 1 aliphatic rings. The second-order valence-corrected chi connectivity index (χ2v) is 4.54. The van der Waals surface area contributed by atoms with Crippen LogP contribution in [0.15, 0.2) is 22.6 Å². The van der Waals surface area contributed by atoms with Crippen LogP contribution in [0.4, 0.5) is 0 Å². The maximum Gasteiger partial charge on any atom is 0.251 e. The second-order valence-electron chi connectivity index (χ2n) is 3.66. The van der Waals surface area contributed by atoms with Gasteiger partial charge in [-0.15, -0.1) is 11.3 Å². The first-order chi connectivity index (χ1) is 7.33. The van der Waals surface area contributed by atoms with E-state index < -0.39 is 0 Å². The zero-order valence-corrected chi connectivity index (χ0v) is 8.75. The van der Waals surface area contributed by atoms with E-state index in [0.717, 1.165) is 29.2 Å². The Morgan fingerprint density at radius 2 is 2.33 bits per heavy atom. The first-order valence-electron chi connectivity index (χ1n) is 4.83. The maximum absolute atomic E-state index is 11.4. The topological polar surface area (TPSA) is 58.6 Å². The van der Waals surface area contributed by atoms with Crippen LogP contribution < -0.4 is 5.56 Å². The van der Waals surface area contributed by atoms with Gasteiger partial charge in [0.05, 0.1) is 16.1 Å². The van der Waals surface area contributed by atoms with E-state index in [1.54, 1.807) is 11.7 Å². The Balaban J connectivity index is 2.11. The van der Waals surface area contributed by atoms with Crippen molar-refractivity contribution in [2.75, 3.05) is 0 Å². The molecule has 1 saturated carbocycles. The predicted molar refractivity (Wildman–Crippen MR) is 57.9 cm³/mol. The fourth-order valence-electron chi connectivity index (χ4n) is 1.50. The largest absolute Gasteiger partial charge is 0.310 e. The molecule has 15 heavy (non-hydrogen) atoms. The molecule has 5 heteroatoms. The molecular weight excluding hydrogens is 210 g/mol. The van der Waals surface area contributed by atoms with Gasteiger partial charge in [0.2, 0.25) is 0 Å².